The molecule has 3 aromatic rings. The molecule has 0 saturated carbocycles. The molecule has 5 nitrogen and oxygen atoms in total. The summed E-state index contributed by atoms with van der Waals surface area (Å²) in [5.41, 5.74) is -0.149. The van der Waals surface area contributed by atoms with E-state index in [9.17, 15) is 28.2 Å². The van der Waals surface area contributed by atoms with Gasteiger partial charge in [-0.2, -0.15) is 13.2 Å². The fourth-order valence-electron chi connectivity index (χ4n) is 2.86. The molecule has 4 rings (SSSR count). The zero-order valence-corrected chi connectivity index (χ0v) is 12.9. The van der Waals surface area contributed by atoms with Crippen LogP contribution in [0.4, 0.5) is 13.2 Å². The maximum absolute atomic E-state index is 12.8. The summed E-state index contributed by atoms with van der Waals surface area (Å²) in [6.07, 6.45) is -1.64. The van der Waals surface area contributed by atoms with Gasteiger partial charge in [0.25, 0.3) is 0 Å². The topological polar surface area (TPSA) is 82.6 Å². The van der Waals surface area contributed by atoms with Crippen LogP contribution in [-0.2, 0) is 6.18 Å². The van der Waals surface area contributed by atoms with Crippen LogP contribution in [0.25, 0.3) is 17.0 Å². The zero-order chi connectivity index (χ0) is 18.6. The number of benzene rings is 2. The number of aromatic amines is 1. The average molecular weight is 361 g/mol. The second-order valence-electron chi connectivity index (χ2n) is 5.78. The second-order valence-corrected chi connectivity index (χ2v) is 5.78. The summed E-state index contributed by atoms with van der Waals surface area (Å²) in [5.74, 6) is -1.36. The number of Topliss-reactive ketones (excluding diaryl/α,β-unsaturated/α-hetero) is 1. The Hall–Kier alpha value is -3.42. The molecule has 0 bridgehead atoms. The smallest absolute Gasteiger partial charge is 0.416 e. The number of aromatic nitrogens is 1. The first-order valence-corrected chi connectivity index (χ1v) is 7.42. The summed E-state index contributed by atoms with van der Waals surface area (Å²) in [5, 5.41) is 19.8. The minimum absolute atomic E-state index is 0.0120. The Morgan fingerprint density at radius 2 is 1.88 bits per heavy atom. The first-order valence-electron chi connectivity index (χ1n) is 7.42. The van der Waals surface area contributed by atoms with E-state index >= 15 is 0 Å². The fourth-order valence-corrected chi connectivity index (χ4v) is 2.86. The van der Waals surface area contributed by atoms with Gasteiger partial charge in [-0.3, -0.25) is 4.79 Å². The van der Waals surface area contributed by atoms with Crippen LogP contribution in [0.5, 0.6) is 17.2 Å². The molecule has 0 unspecified atom stereocenters. The number of carbonyl (C=O) groups is 1. The summed E-state index contributed by atoms with van der Waals surface area (Å²) in [4.78, 5) is 15.1. The third-order valence-electron chi connectivity index (χ3n) is 4.06. The molecule has 3 N–H and O–H groups in total. The van der Waals surface area contributed by atoms with Crippen LogP contribution < -0.4 is 4.74 Å². The summed E-state index contributed by atoms with van der Waals surface area (Å²) in [6.45, 7) is 0. The molecule has 0 radical (unpaired) electrons. The van der Waals surface area contributed by atoms with Crippen LogP contribution in [0.1, 0.15) is 21.5 Å². The first kappa shape index (κ1) is 16.1. The highest BCUT2D eigenvalue weighted by Crippen LogP contribution is 2.41. The van der Waals surface area contributed by atoms with Crippen molar-refractivity contribution in [3.05, 3.63) is 59.0 Å². The van der Waals surface area contributed by atoms with Gasteiger partial charge in [0.2, 0.25) is 5.78 Å². The number of phenols is 2. The molecule has 2 aromatic carbocycles. The lowest BCUT2D eigenvalue weighted by Gasteiger charge is -2.06. The molecule has 132 valence electrons. The quantitative estimate of drug-likeness (QED) is 0.567. The van der Waals surface area contributed by atoms with Gasteiger partial charge in [0.15, 0.2) is 5.76 Å². The largest absolute Gasteiger partial charge is 0.508 e. The van der Waals surface area contributed by atoms with E-state index in [1.165, 1.54) is 24.4 Å². The SMILES string of the molecule is O=C1/C(=C\c2c[nH]c3cc(C(F)(F)F)ccc23)Oc2cc(O)cc(O)c21. The van der Waals surface area contributed by atoms with Gasteiger partial charge in [-0.15, -0.1) is 0 Å². The Labute approximate surface area is 144 Å². The minimum atomic E-state index is -4.45. The van der Waals surface area contributed by atoms with Gasteiger partial charge in [-0.1, -0.05) is 6.07 Å². The summed E-state index contributed by atoms with van der Waals surface area (Å²) in [7, 11) is 0. The van der Waals surface area contributed by atoms with Crippen molar-refractivity contribution >= 4 is 22.8 Å². The number of hydrogen-bond acceptors (Lipinski definition) is 4. The standard InChI is InChI=1S/C18H10F3NO4/c19-18(20,21)9-1-2-11-8(7-22-12(11)4-9)3-15-17(25)16-13(24)5-10(23)6-14(16)26-15/h1-7,22-24H/b15-3+. The molecular weight excluding hydrogens is 351 g/mol. The van der Waals surface area contributed by atoms with Gasteiger partial charge < -0.3 is 19.9 Å². The normalized spacial score (nSPS) is 15.5. The molecule has 1 aliphatic heterocycles. The molecular formula is C18H10F3NO4. The maximum Gasteiger partial charge on any atom is 0.416 e. The van der Waals surface area contributed by atoms with Crippen molar-refractivity contribution in [2.45, 2.75) is 6.18 Å². The zero-order valence-electron chi connectivity index (χ0n) is 12.9. The molecule has 1 aromatic heterocycles. The maximum atomic E-state index is 12.8. The number of nitrogens with one attached hydrogen (secondary N) is 1. The number of H-pyrrole nitrogens is 1. The number of alkyl halides is 3. The highest BCUT2D eigenvalue weighted by molar-refractivity contribution is 6.16. The second kappa shape index (κ2) is 5.29. The molecule has 1 aliphatic rings. The Balaban J connectivity index is 1.76. The highest BCUT2D eigenvalue weighted by Gasteiger charge is 2.32. The van der Waals surface area contributed by atoms with E-state index < -0.39 is 23.3 Å². The predicted octanol–water partition coefficient (Wildman–Crippen LogP) is 4.21. The monoisotopic (exact) mass is 361 g/mol. The lowest BCUT2D eigenvalue weighted by molar-refractivity contribution is -0.137. The molecule has 0 fully saturated rings. The van der Waals surface area contributed by atoms with Gasteiger partial charge in [-0.25, -0.2) is 0 Å². The van der Waals surface area contributed by atoms with Crippen LogP contribution >= 0.6 is 0 Å². The van der Waals surface area contributed by atoms with E-state index in [-0.39, 0.29) is 28.3 Å². The summed E-state index contributed by atoms with van der Waals surface area (Å²) in [6, 6.07) is 5.45. The number of rotatable bonds is 1. The van der Waals surface area contributed by atoms with Gasteiger partial charge in [-0.05, 0) is 18.2 Å². The Morgan fingerprint density at radius 3 is 2.62 bits per heavy atom. The van der Waals surface area contributed by atoms with E-state index in [1.807, 2.05) is 0 Å². The van der Waals surface area contributed by atoms with Gasteiger partial charge in [0, 0.05) is 34.8 Å². The van der Waals surface area contributed by atoms with E-state index in [1.54, 1.807) is 0 Å². The molecule has 0 spiro atoms. The predicted molar refractivity (Wildman–Crippen MR) is 86.0 cm³/mol. The van der Waals surface area contributed by atoms with Crippen molar-refractivity contribution in [3.63, 3.8) is 0 Å². The van der Waals surface area contributed by atoms with Gasteiger partial charge >= 0.3 is 6.18 Å². The number of hydrogen-bond donors (Lipinski definition) is 3. The van der Waals surface area contributed by atoms with Crippen molar-refractivity contribution < 1.29 is 32.9 Å². The van der Waals surface area contributed by atoms with Crippen molar-refractivity contribution in [3.8, 4) is 17.2 Å². The van der Waals surface area contributed by atoms with Crippen molar-refractivity contribution in [1.82, 2.24) is 4.98 Å². The molecule has 0 saturated heterocycles. The van der Waals surface area contributed by atoms with E-state index in [4.69, 9.17) is 4.74 Å². The van der Waals surface area contributed by atoms with Crippen molar-refractivity contribution in [1.29, 1.82) is 0 Å². The van der Waals surface area contributed by atoms with E-state index in [0.717, 1.165) is 18.2 Å². The Morgan fingerprint density at radius 1 is 1.12 bits per heavy atom. The van der Waals surface area contributed by atoms with Crippen molar-refractivity contribution in [2.24, 2.45) is 0 Å². The van der Waals surface area contributed by atoms with Crippen LogP contribution in [0.2, 0.25) is 0 Å². The molecule has 0 aliphatic carbocycles. The van der Waals surface area contributed by atoms with Gasteiger partial charge in [0.1, 0.15) is 22.8 Å². The minimum Gasteiger partial charge on any atom is -0.508 e. The lowest BCUT2D eigenvalue weighted by Crippen LogP contribution is -2.04. The molecule has 0 atom stereocenters. The van der Waals surface area contributed by atoms with Crippen LogP contribution in [0.3, 0.4) is 0 Å². The Bertz CT molecular complexity index is 1100. The lowest BCUT2D eigenvalue weighted by atomic mass is 10.1. The number of fused-ring (bicyclic) bond motifs is 2. The van der Waals surface area contributed by atoms with Crippen LogP contribution in [0, 0.1) is 0 Å². The molecule has 2 heterocycles. The first-order chi connectivity index (χ1) is 12.2. The summed E-state index contributed by atoms with van der Waals surface area (Å²) < 4.78 is 43.7. The molecule has 26 heavy (non-hydrogen) atoms. The van der Waals surface area contributed by atoms with Crippen LogP contribution in [0.15, 0.2) is 42.3 Å². The van der Waals surface area contributed by atoms with Gasteiger partial charge in [0.05, 0.1) is 5.56 Å². The number of allylic oxidation sites excluding steroid dienone is 1. The van der Waals surface area contributed by atoms with Crippen LogP contribution in [-0.4, -0.2) is 21.0 Å². The number of halogens is 3. The number of ketones is 1. The highest BCUT2D eigenvalue weighted by atomic mass is 19.4. The van der Waals surface area contributed by atoms with E-state index in [2.05, 4.69) is 4.98 Å². The number of carbonyl (C=O) groups excluding carboxylic acids is 1. The number of aromatic hydroxyl groups is 2. The summed E-state index contributed by atoms with van der Waals surface area (Å²) >= 11 is 0. The fraction of sp³-hybridized carbons (Fsp3) is 0.0556. The Kier molecular flexibility index (Phi) is 3.27. The average Bonchev–Trinajstić information content (AvgIpc) is 3.08. The number of phenolic OH excluding ortho intramolecular Hbond substituents is 2. The van der Waals surface area contributed by atoms with E-state index in [0.29, 0.717) is 10.9 Å². The number of ether oxygens (including phenoxy) is 1. The molecule has 0 amide bonds. The third-order valence-corrected chi connectivity index (χ3v) is 4.06. The molecule has 8 heteroatoms. The van der Waals surface area contributed by atoms with Crippen molar-refractivity contribution in [2.75, 3.05) is 0 Å². The third kappa shape index (κ3) is 2.46.